The van der Waals surface area contributed by atoms with Gasteiger partial charge in [0.2, 0.25) is 11.8 Å². The van der Waals surface area contributed by atoms with Crippen LogP contribution in [0.5, 0.6) is 0 Å². The lowest BCUT2D eigenvalue weighted by Gasteiger charge is -2.37. The highest BCUT2D eigenvalue weighted by Gasteiger charge is 2.44. The standard InChI is InChI=1S/C31H34N4O4/c32-26-20-34(31(38)39-21-22-10-4-1-5-11-22)19-18-25-16-17-27(35(25)30(26)37)29(36)33-28(23-12-6-2-7-13-23)24-14-8-3-9-15-24/h1-15,25-28H,16-21,32H2,(H,33,36)/t25-,26+,27+/m1/s1. The van der Waals surface area contributed by atoms with Crippen molar-refractivity contribution in [2.24, 2.45) is 5.73 Å². The van der Waals surface area contributed by atoms with Gasteiger partial charge in [0.15, 0.2) is 0 Å². The molecule has 0 aliphatic carbocycles. The predicted octanol–water partition coefficient (Wildman–Crippen LogP) is 3.62. The second-order valence-corrected chi connectivity index (χ2v) is 10.1. The number of carbonyl (C=O) groups is 3. The summed E-state index contributed by atoms with van der Waals surface area (Å²) in [6.07, 6.45) is 1.29. The maximum atomic E-state index is 13.7. The van der Waals surface area contributed by atoms with Crippen LogP contribution in [0.15, 0.2) is 91.0 Å². The number of fused-ring (bicyclic) bond motifs is 1. The predicted molar refractivity (Wildman–Crippen MR) is 147 cm³/mol. The monoisotopic (exact) mass is 526 g/mol. The van der Waals surface area contributed by atoms with Crippen molar-refractivity contribution < 1.29 is 19.1 Å². The van der Waals surface area contributed by atoms with Crippen LogP contribution in [0.2, 0.25) is 0 Å². The Morgan fingerprint density at radius 2 is 1.46 bits per heavy atom. The van der Waals surface area contributed by atoms with Crippen molar-refractivity contribution in [3.05, 3.63) is 108 Å². The summed E-state index contributed by atoms with van der Waals surface area (Å²) in [5.74, 6) is -0.510. The first kappa shape index (κ1) is 26.4. The number of amides is 3. The van der Waals surface area contributed by atoms with Gasteiger partial charge in [-0.3, -0.25) is 9.59 Å². The molecule has 2 aliphatic heterocycles. The number of carbonyl (C=O) groups excluding carboxylic acids is 3. The highest BCUT2D eigenvalue weighted by molar-refractivity contribution is 5.91. The molecule has 3 N–H and O–H groups in total. The molecule has 5 rings (SSSR count). The van der Waals surface area contributed by atoms with Crippen molar-refractivity contribution in [2.45, 2.75) is 50.0 Å². The molecule has 0 unspecified atom stereocenters. The van der Waals surface area contributed by atoms with Crippen molar-refractivity contribution in [3.63, 3.8) is 0 Å². The molecule has 0 bridgehead atoms. The number of nitrogens with zero attached hydrogens (tertiary/aromatic N) is 2. The Labute approximate surface area is 228 Å². The first-order valence-electron chi connectivity index (χ1n) is 13.4. The fourth-order valence-electron chi connectivity index (χ4n) is 5.53. The lowest BCUT2D eigenvalue weighted by Crippen LogP contribution is -2.59. The fraction of sp³-hybridized carbons (Fsp3) is 0.323. The first-order chi connectivity index (χ1) is 19.0. The van der Waals surface area contributed by atoms with Crippen LogP contribution < -0.4 is 11.1 Å². The van der Waals surface area contributed by atoms with E-state index in [0.29, 0.717) is 25.8 Å². The summed E-state index contributed by atoms with van der Waals surface area (Å²) in [5.41, 5.74) is 9.13. The number of hydrogen-bond donors (Lipinski definition) is 2. The van der Waals surface area contributed by atoms with E-state index >= 15 is 0 Å². The van der Waals surface area contributed by atoms with Gasteiger partial charge >= 0.3 is 6.09 Å². The van der Waals surface area contributed by atoms with Crippen LogP contribution in [-0.4, -0.2) is 58.9 Å². The Morgan fingerprint density at radius 3 is 2.08 bits per heavy atom. The van der Waals surface area contributed by atoms with Gasteiger partial charge in [0, 0.05) is 19.1 Å². The van der Waals surface area contributed by atoms with Crippen LogP contribution in [-0.2, 0) is 20.9 Å². The summed E-state index contributed by atoms with van der Waals surface area (Å²) in [7, 11) is 0. The molecule has 2 fully saturated rings. The Hall–Kier alpha value is -4.17. The van der Waals surface area contributed by atoms with E-state index in [9.17, 15) is 14.4 Å². The van der Waals surface area contributed by atoms with E-state index in [-0.39, 0.29) is 37.0 Å². The summed E-state index contributed by atoms with van der Waals surface area (Å²) < 4.78 is 5.49. The van der Waals surface area contributed by atoms with Gasteiger partial charge in [-0.2, -0.15) is 0 Å². The van der Waals surface area contributed by atoms with Gasteiger partial charge in [0.25, 0.3) is 0 Å². The molecule has 8 nitrogen and oxygen atoms in total. The van der Waals surface area contributed by atoms with Crippen LogP contribution >= 0.6 is 0 Å². The zero-order valence-corrected chi connectivity index (χ0v) is 21.8. The Bertz CT molecular complexity index is 1230. The Balaban J connectivity index is 1.27. The molecule has 2 heterocycles. The molecular formula is C31H34N4O4. The van der Waals surface area contributed by atoms with E-state index in [1.807, 2.05) is 91.0 Å². The third-order valence-corrected chi connectivity index (χ3v) is 7.54. The minimum atomic E-state index is -0.940. The number of hydrogen-bond acceptors (Lipinski definition) is 5. The van der Waals surface area contributed by atoms with Gasteiger partial charge < -0.3 is 25.6 Å². The molecule has 2 aliphatic rings. The van der Waals surface area contributed by atoms with Gasteiger partial charge in [-0.25, -0.2) is 4.79 Å². The average molecular weight is 527 g/mol. The molecule has 3 aromatic carbocycles. The molecule has 0 saturated carbocycles. The summed E-state index contributed by atoms with van der Waals surface area (Å²) in [6, 6.07) is 27.0. The number of ether oxygens (including phenoxy) is 1. The van der Waals surface area contributed by atoms with Crippen LogP contribution in [0.1, 0.15) is 42.0 Å². The van der Waals surface area contributed by atoms with Gasteiger partial charge in [-0.15, -0.1) is 0 Å². The number of nitrogens with two attached hydrogens (primary N) is 1. The molecule has 2 saturated heterocycles. The molecular weight excluding hydrogens is 492 g/mol. The van der Waals surface area contributed by atoms with E-state index in [0.717, 1.165) is 16.7 Å². The lowest BCUT2D eigenvalue weighted by molar-refractivity contribution is -0.142. The summed E-state index contributed by atoms with van der Waals surface area (Å²) >= 11 is 0. The summed E-state index contributed by atoms with van der Waals surface area (Å²) in [4.78, 5) is 43.2. The van der Waals surface area contributed by atoms with Crippen LogP contribution in [0.25, 0.3) is 0 Å². The second-order valence-electron chi connectivity index (χ2n) is 10.1. The van der Waals surface area contributed by atoms with E-state index < -0.39 is 18.2 Å². The van der Waals surface area contributed by atoms with Gasteiger partial charge in [-0.1, -0.05) is 91.0 Å². The average Bonchev–Trinajstić information content (AvgIpc) is 3.40. The van der Waals surface area contributed by atoms with E-state index in [1.54, 1.807) is 4.90 Å². The maximum absolute atomic E-state index is 13.7. The minimum Gasteiger partial charge on any atom is -0.445 e. The zero-order chi connectivity index (χ0) is 27.2. The maximum Gasteiger partial charge on any atom is 0.410 e. The van der Waals surface area contributed by atoms with E-state index in [4.69, 9.17) is 10.5 Å². The molecule has 3 aromatic rings. The molecule has 0 radical (unpaired) electrons. The molecule has 0 spiro atoms. The van der Waals surface area contributed by atoms with Crippen LogP contribution in [0.3, 0.4) is 0 Å². The topological polar surface area (TPSA) is 105 Å². The van der Waals surface area contributed by atoms with E-state index in [2.05, 4.69) is 5.32 Å². The third-order valence-electron chi connectivity index (χ3n) is 7.54. The number of rotatable bonds is 6. The lowest BCUT2D eigenvalue weighted by atomic mass is 9.98. The third kappa shape index (κ3) is 6.12. The van der Waals surface area contributed by atoms with Gasteiger partial charge in [0.05, 0.1) is 6.04 Å². The quantitative estimate of drug-likeness (QED) is 0.511. The smallest absolute Gasteiger partial charge is 0.410 e. The molecule has 0 aromatic heterocycles. The molecule has 3 amide bonds. The van der Waals surface area contributed by atoms with Crippen LogP contribution in [0.4, 0.5) is 4.79 Å². The van der Waals surface area contributed by atoms with Crippen molar-refractivity contribution in [3.8, 4) is 0 Å². The van der Waals surface area contributed by atoms with Crippen molar-refractivity contribution in [1.82, 2.24) is 15.1 Å². The largest absolute Gasteiger partial charge is 0.445 e. The van der Waals surface area contributed by atoms with Crippen LogP contribution in [0, 0.1) is 0 Å². The van der Waals surface area contributed by atoms with E-state index in [1.165, 1.54) is 4.90 Å². The summed E-state index contributed by atoms with van der Waals surface area (Å²) in [5, 5.41) is 3.20. The molecule has 8 heteroatoms. The van der Waals surface area contributed by atoms with Crippen molar-refractivity contribution in [2.75, 3.05) is 13.1 Å². The normalized spacial score (nSPS) is 21.2. The fourth-order valence-corrected chi connectivity index (χ4v) is 5.53. The molecule has 39 heavy (non-hydrogen) atoms. The molecule has 3 atom stereocenters. The second kappa shape index (κ2) is 12.1. The van der Waals surface area contributed by atoms with Crippen molar-refractivity contribution >= 4 is 17.9 Å². The van der Waals surface area contributed by atoms with Crippen molar-refractivity contribution in [1.29, 1.82) is 0 Å². The van der Waals surface area contributed by atoms with Gasteiger partial charge in [0.1, 0.15) is 18.7 Å². The highest BCUT2D eigenvalue weighted by Crippen LogP contribution is 2.30. The zero-order valence-electron chi connectivity index (χ0n) is 21.8. The van der Waals surface area contributed by atoms with Gasteiger partial charge in [-0.05, 0) is 36.0 Å². The highest BCUT2D eigenvalue weighted by atomic mass is 16.6. The Kier molecular flexibility index (Phi) is 8.22. The summed E-state index contributed by atoms with van der Waals surface area (Å²) in [6.45, 7) is 0.600. The SMILES string of the molecule is N[C@H]1CN(C(=O)OCc2ccccc2)CC[C@H]2CC[C@@H](C(=O)NC(c3ccccc3)c3ccccc3)N2C1=O. The first-order valence-corrected chi connectivity index (χ1v) is 13.4. The number of benzene rings is 3. The Morgan fingerprint density at radius 1 is 0.872 bits per heavy atom. The minimum absolute atomic E-state index is 0.0423. The molecule has 202 valence electrons. The number of nitrogens with one attached hydrogen (secondary N) is 1.